The van der Waals surface area contributed by atoms with Crippen molar-refractivity contribution in [3.8, 4) is 0 Å². The molecule has 0 atom stereocenters. The molecule has 18 heavy (non-hydrogen) atoms. The molecule has 6 heteroatoms. The van der Waals surface area contributed by atoms with Crippen molar-refractivity contribution in [2.45, 2.75) is 11.3 Å². The van der Waals surface area contributed by atoms with Gasteiger partial charge in [-0.2, -0.15) is 0 Å². The maximum atomic E-state index is 11.3. The minimum atomic E-state index is -3.15. The maximum absolute atomic E-state index is 11.3. The molecule has 0 heterocycles. The third-order valence-corrected chi connectivity index (χ3v) is 3.67. The Kier molecular flexibility index (Phi) is 4.86. The summed E-state index contributed by atoms with van der Waals surface area (Å²) in [6.45, 7) is 0.617. The quantitative estimate of drug-likeness (QED) is 0.822. The van der Waals surface area contributed by atoms with Crippen LogP contribution in [0.2, 0.25) is 0 Å². The van der Waals surface area contributed by atoms with E-state index >= 15 is 0 Å². The Balaban J connectivity index is 2.57. The van der Waals surface area contributed by atoms with Gasteiger partial charge >= 0.3 is 5.97 Å². The van der Waals surface area contributed by atoms with Gasteiger partial charge in [-0.25, -0.2) is 8.42 Å². The number of sulfone groups is 1. The molecule has 0 saturated heterocycles. The van der Waals surface area contributed by atoms with Crippen LogP contribution in [0, 0.1) is 0 Å². The molecule has 0 aliphatic carbocycles. The number of nitrogens with zero attached hydrogens (tertiary/aromatic N) is 1. The number of rotatable bonds is 6. The van der Waals surface area contributed by atoms with Crippen LogP contribution in [-0.2, 0) is 21.1 Å². The van der Waals surface area contributed by atoms with Crippen molar-refractivity contribution in [2.75, 3.05) is 26.4 Å². The van der Waals surface area contributed by atoms with E-state index in [1.54, 1.807) is 36.2 Å². The maximum Gasteiger partial charge on any atom is 0.317 e. The zero-order chi connectivity index (χ0) is 13.8. The molecule has 0 spiro atoms. The van der Waals surface area contributed by atoms with Crippen molar-refractivity contribution in [3.63, 3.8) is 0 Å². The van der Waals surface area contributed by atoms with Gasteiger partial charge in [-0.1, -0.05) is 12.1 Å². The largest absolute Gasteiger partial charge is 0.480 e. The first kappa shape index (κ1) is 14.7. The van der Waals surface area contributed by atoms with Gasteiger partial charge in [0.1, 0.15) is 0 Å². The Labute approximate surface area is 107 Å². The second-order valence-corrected chi connectivity index (χ2v) is 6.31. The summed E-state index contributed by atoms with van der Waals surface area (Å²) in [6, 6.07) is 6.65. The van der Waals surface area contributed by atoms with E-state index < -0.39 is 15.8 Å². The molecule has 100 valence electrons. The van der Waals surface area contributed by atoms with Gasteiger partial charge < -0.3 is 5.11 Å². The number of hydrogen-bond acceptors (Lipinski definition) is 4. The van der Waals surface area contributed by atoms with E-state index in [-0.39, 0.29) is 6.54 Å². The van der Waals surface area contributed by atoms with E-state index in [1.165, 1.54) is 6.26 Å². The number of carbonyl (C=O) groups is 1. The molecule has 0 aliphatic rings. The first-order chi connectivity index (χ1) is 8.29. The number of aliphatic carboxylic acids is 1. The Hall–Kier alpha value is -1.40. The molecule has 5 nitrogen and oxygen atoms in total. The van der Waals surface area contributed by atoms with Crippen molar-refractivity contribution in [3.05, 3.63) is 29.8 Å². The number of carboxylic acid groups (broad SMARTS) is 1. The van der Waals surface area contributed by atoms with Crippen molar-refractivity contribution in [2.24, 2.45) is 0 Å². The molecule has 0 unspecified atom stereocenters. The fraction of sp³-hybridized carbons (Fsp3) is 0.417. The molecule has 0 amide bonds. The number of hydrogen-bond donors (Lipinski definition) is 1. The van der Waals surface area contributed by atoms with Gasteiger partial charge in [0.15, 0.2) is 9.84 Å². The van der Waals surface area contributed by atoms with Gasteiger partial charge in [0.05, 0.1) is 11.4 Å². The average molecular weight is 271 g/mol. The Morgan fingerprint density at radius 1 is 1.28 bits per heavy atom. The molecular formula is C12H17NO4S. The highest BCUT2D eigenvalue weighted by Gasteiger charge is 2.07. The van der Waals surface area contributed by atoms with E-state index in [1.807, 2.05) is 0 Å². The molecule has 1 aromatic carbocycles. The van der Waals surface area contributed by atoms with Crippen molar-refractivity contribution >= 4 is 15.8 Å². The monoisotopic (exact) mass is 271 g/mol. The first-order valence-electron chi connectivity index (χ1n) is 5.48. The molecule has 0 aromatic heterocycles. The van der Waals surface area contributed by atoms with Gasteiger partial charge in [0, 0.05) is 12.8 Å². The summed E-state index contributed by atoms with van der Waals surface area (Å²) in [6.07, 6.45) is 1.86. The van der Waals surface area contributed by atoms with E-state index in [4.69, 9.17) is 5.11 Å². The predicted molar refractivity (Wildman–Crippen MR) is 68.4 cm³/mol. The second kappa shape index (κ2) is 5.97. The Morgan fingerprint density at radius 3 is 2.28 bits per heavy atom. The normalized spacial score (nSPS) is 11.7. The van der Waals surface area contributed by atoms with Crippen LogP contribution in [0.25, 0.3) is 0 Å². The highest BCUT2D eigenvalue weighted by molar-refractivity contribution is 7.90. The van der Waals surface area contributed by atoms with Crippen LogP contribution in [0.5, 0.6) is 0 Å². The number of carboxylic acids is 1. The molecule has 0 bridgehead atoms. The standard InChI is InChI=1S/C12H17NO4S/c1-13(9-12(14)15)8-7-10-3-5-11(6-4-10)18(2,16)17/h3-6H,7-9H2,1-2H3,(H,14,15). The third-order valence-electron chi connectivity index (χ3n) is 2.54. The van der Waals surface area contributed by atoms with E-state index in [2.05, 4.69) is 0 Å². The minimum Gasteiger partial charge on any atom is -0.480 e. The van der Waals surface area contributed by atoms with Crippen LogP contribution >= 0.6 is 0 Å². The fourth-order valence-corrected chi connectivity index (χ4v) is 2.16. The Morgan fingerprint density at radius 2 is 1.83 bits per heavy atom. The summed E-state index contributed by atoms with van der Waals surface area (Å²) in [5.74, 6) is -0.857. The molecule has 0 fully saturated rings. The summed E-state index contributed by atoms with van der Waals surface area (Å²) >= 11 is 0. The van der Waals surface area contributed by atoms with Crippen LogP contribution in [0.1, 0.15) is 5.56 Å². The van der Waals surface area contributed by atoms with Gasteiger partial charge in [-0.05, 0) is 31.2 Å². The van der Waals surface area contributed by atoms with Crippen LogP contribution in [0.15, 0.2) is 29.2 Å². The van der Waals surface area contributed by atoms with Crippen molar-refractivity contribution in [1.82, 2.24) is 4.90 Å². The van der Waals surface area contributed by atoms with Gasteiger partial charge in [0.2, 0.25) is 0 Å². The minimum absolute atomic E-state index is 0.00141. The molecule has 0 saturated carbocycles. The smallest absolute Gasteiger partial charge is 0.317 e. The van der Waals surface area contributed by atoms with E-state index in [9.17, 15) is 13.2 Å². The van der Waals surface area contributed by atoms with Crippen molar-refractivity contribution in [1.29, 1.82) is 0 Å². The predicted octanol–water partition coefficient (Wildman–Crippen LogP) is 0.649. The lowest BCUT2D eigenvalue weighted by Gasteiger charge is -2.13. The zero-order valence-corrected chi connectivity index (χ0v) is 11.3. The van der Waals surface area contributed by atoms with Crippen molar-refractivity contribution < 1.29 is 18.3 Å². The number of likely N-dealkylation sites (N-methyl/N-ethyl adjacent to an activating group) is 1. The zero-order valence-electron chi connectivity index (χ0n) is 10.5. The summed E-state index contributed by atoms with van der Waals surface area (Å²) in [4.78, 5) is 12.5. The number of benzene rings is 1. The van der Waals surface area contributed by atoms with Crippen LogP contribution in [0.3, 0.4) is 0 Å². The lowest BCUT2D eigenvalue weighted by Crippen LogP contribution is -2.27. The van der Waals surface area contributed by atoms with Gasteiger partial charge in [-0.3, -0.25) is 9.69 Å². The van der Waals surface area contributed by atoms with Crippen LogP contribution in [0.4, 0.5) is 0 Å². The topological polar surface area (TPSA) is 74.7 Å². The average Bonchev–Trinajstić information content (AvgIpc) is 2.25. The van der Waals surface area contributed by atoms with E-state index in [0.29, 0.717) is 17.9 Å². The first-order valence-corrected chi connectivity index (χ1v) is 7.37. The molecule has 0 radical (unpaired) electrons. The van der Waals surface area contributed by atoms with Crippen LogP contribution < -0.4 is 0 Å². The molecule has 1 N–H and O–H groups in total. The third kappa shape index (κ3) is 4.85. The summed E-state index contributed by atoms with van der Waals surface area (Å²) in [5.41, 5.74) is 0.986. The molecule has 0 aliphatic heterocycles. The van der Waals surface area contributed by atoms with Crippen LogP contribution in [-0.4, -0.2) is 50.8 Å². The second-order valence-electron chi connectivity index (χ2n) is 4.30. The molecule has 1 aromatic rings. The molecular weight excluding hydrogens is 254 g/mol. The highest BCUT2D eigenvalue weighted by atomic mass is 32.2. The lowest BCUT2D eigenvalue weighted by atomic mass is 10.1. The Bertz CT molecular complexity index is 507. The molecule has 1 rings (SSSR count). The lowest BCUT2D eigenvalue weighted by molar-refractivity contribution is -0.137. The van der Waals surface area contributed by atoms with E-state index in [0.717, 1.165) is 5.56 Å². The summed E-state index contributed by atoms with van der Waals surface area (Å²) < 4.78 is 22.5. The summed E-state index contributed by atoms with van der Waals surface area (Å²) in [7, 11) is -1.42. The highest BCUT2D eigenvalue weighted by Crippen LogP contribution is 2.10. The van der Waals surface area contributed by atoms with Gasteiger partial charge in [0.25, 0.3) is 0 Å². The SMILES string of the molecule is CN(CCc1ccc(S(C)(=O)=O)cc1)CC(=O)O. The summed E-state index contributed by atoms with van der Waals surface area (Å²) in [5, 5.41) is 8.60. The fourth-order valence-electron chi connectivity index (χ4n) is 1.53. The van der Waals surface area contributed by atoms with Gasteiger partial charge in [-0.15, -0.1) is 0 Å².